The van der Waals surface area contributed by atoms with Gasteiger partial charge in [0.15, 0.2) is 0 Å². The quantitative estimate of drug-likeness (QED) is 0.751. The highest BCUT2D eigenvalue weighted by atomic mass is 14.9. The summed E-state index contributed by atoms with van der Waals surface area (Å²) in [5.74, 6) is 0.650. The summed E-state index contributed by atoms with van der Waals surface area (Å²) in [5, 5.41) is 6.74. The van der Waals surface area contributed by atoms with E-state index in [2.05, 4.69) is 42.5 Å². The largest absolute Gasteiger partial charge is 0.383 e. The van der Waals surface area contributed by atoms with Crippen molar-refractivity contribution in [2.75, 3.05) is 18.4 Å². The molecule has 0 saturated heterocycles. The summed E-state index contributed by atoms with van der Waals surface area (Å²) in [7, 11) is 0. The highest BCUT2D eigenvalue weighted by Crippen LogP contribution is 2.13. The molecule has 1 heterocycles. The average molecular weight is 207 g/mol. The summed E-state index contributed by atoms with van der Waals surface area (Å²) in [6.45, 7) is 9.40. The van der Waals surface area contributed by atoms with Crippen LogP contribution in [-0.2, 0) is 6.54 Å². The van der Waals surface area contributed by atoms with Gasteiger partial charge >= 0.3 is 0 Å². The van der Waals surface area contributed by atoms with E-state index in [1.165, 1.54) is 5.56 Å². The summed E-state index contributed by atoms with van der Waals surface area (Å²) in [6, 6.07) is 2.06. The number of nitrogens with one attached hydrogen (secondary N) is 2. The van der Waals surface area contributed by atoms with Crippen LogP contribution in [0.15, 0.2) is 18.5 Å². The van der Waals surface area contributed by atoms with Crippen molar-refractivity contribution >= 4 is 5.69 Å². The van der Waals surface area contributed by atoms with Gasteiger partial charge in [0.1, 0.15) is 0 Å². The average Bonchev–Trinajstić information content (AvgIpc) is 2.24. The molecule has 0 spiro atoms. The van der Waals surface area contributed by atoms with Crippen LogP contribution in [0.1, 0.15) is 26.3 Å². The van der Waals surface area contributed by atoms with Crippen LogP contribution in [0.3, 0.4) is 0 Å². The van der Waals surface area contributed by atoms with Crippen molar-refractivity contribution in [2.24, 2.45) is 5.92 Å². The molecular weight excluding hydrogens is 186 g/mol. The van der Waals surface area contributed by atoms with E-state index in [0.29, 0.717) is 5.92 Å². The number of pyridine rings is 1. The van der Waals surface area contributed by atoms with Gasteiger partial charge in [0.05, 0.1) is 11.9 Å². The molecule has 0 atom stereocenters. The molecule has 1 aromatic heterocycles. The van der Waals surface area contributed by atoms with Crippen LogP contribution in [0.2, 0.25) is 0 Å². The molecule has 0 aliphatic rings. The predicted molar refractivity (Wildman–Crippen MR) is 64.9 cm³/mol. The highest BCUT2D eigenvalue weighted by molar-refractivity contribution is 5.48. The molecule has 15 heavy (non-hydrogen) atoms. The first-order valence-electron chi connectivity index (χ1n) is 5.61. The van der Waals surface area contributed by atoms with Crippen LogP contribution in [0.25, 0.3) is 0 Å². The van der Waals surface area contributed by atoms with Crippen LogP contribution in [0.4, 0.5) is 5.69 Å². The third-order valence-electron chi connectivity index (χ3n) is 2.18. The van der Waals surface area contributed by atoms with Gasteiger partial charge in [-0.1, -0.05) is 20.8 Å². The molecule has 1 rings (SSSR count). The van der Waals surface area contributed by atoms with Crippen molar-refractivity contribution in [2.45, 2.75) is 27.3 Å². The van der Waals surface area contributed by atoms with Crippen LogP contribution in [0.5, 0.6) is 0 Å². The Kier molecular flexibility index (Phi) is 5.12. The lowest BCUT2D eigenvalue weighted by molar-refractivity contribution is 0.684. The minimum absolute atomic E-state index is 0.650. The summed E-state index contributed by atoms with van der Waals surface area (Å²) in [5.41, 5.74) is 2.43. The fourth-order valence-electron chi connectivity index (χ4n) is 1.31. The molecule has 84 valence electrons. The third kappa shape index (κ3) is 4.30. The molecular formula is C12H21N3. The van der Waals surface area contributed by atoms with Gasteiger partial charge in [-0.3, -0.25) is 4.98 Å². The molecule has 3 nitrogen and oxygen atoms in total. The van der Waals surface area contributed by atoms with E-state index in [1.54, 1.807) is 0 Å². The summed E-state index contributed by atoms with van der Waals surface area (Å²) >= 11 is 0. The van der Waals surface area contributed by atoms with Crippen LogP contribution in [0, 0.1) is 5.92 Å². The maximum atomic E-state index is 4.14. The number of hydrogen-bond acceptors (Lipinski definition) is 3. The van der Waals surface area contributed by atoms with E-state index in [4.69, 9.17) is 0 Å². The number of anilines is 1. The molecule has 0 fully saturated rings. The van der Waals surface area contributed by atoms with E-state index in [9.17, 15) is 0 Å². The number of aromatic nitrogens is 1. The van der Waals surface area contributed by atoms with Crippen LogP contribution >= 0.6 is 0 Å². The van der Waals surface area contributed by atoms with Gasteiger partial charge in [0.25, 0.3) is 0 Å². The zero-order chi connectivity index (χ0) is 11.1. The molecule has 0 amide bonds. The molecule has 0 unspecified atom stereocenters. The zero-order valence-electron chi connectivity index (χ0n) is 9.88. The van der Waals surface area contributed by atoms with Gasteiger partial charge in [-0.25, -0.2) is 0 Å². The molecule has 0 radical (unpaired) electrons. The Bertz CT molecular complexity index is 284. The van der Waals surface area contributed by atoms with Crippen molar-refractivity contribution in [1.29, 1.82) is 0 Å². The minimum Gasteiger partial charge on any atom is -0.383 e. The van der Waals surface area contributed by atoms with Gasteiger partial charge in [0.2, 0.25) is 0 Å². The lowest BCUT2D eigenvalue weighted by Gasteiger charge is -2.13. The Hall–Kier alpha value is -1.09. The lowest BCUT2D eigenvalue weighted by Crippen LogP contribution is -2.15. The molecule has 3 heteroatoms. The van der Waals surface area contributed by atoms with Crippen molar-refractivity contribution in [3.63, 3.8) is 0 Å². The second-order valence-corrected chi connectivity index (χ2v) is 4.09. The first-order chi connectivity index (χ1) is 7.24. The minimum atomic E-state index is 0.650. The fourth-order valence-corrected chi connectivity index (χ4v) is 1.31. The molecule has 0 aliphatic carbocycles. The Balaban J connectivity index is 2.59. The van der Waals surface area contributed by atoms with Gasteiger partial charge in [-0.2, -0.15) is 0 Å². The standard InChI is InChI=1S/C12H21N3/c1-4-13-8-11-5-6-14-9-12(11)15-7-10(2)3/h5-6,9-10,13,15H,4,7-8H2,1-3H3. The second-order valence-electron chi connectivity index (χ2n) is 4.09. The third-order valence-corrected chi connectivity index (χ3v) is 2.18. The first kappa shape index (κ1) is 12.0. The Morgan fingerprint density at radius 1 is 1.40 bits per heavy atom. The van der Waals surface area contributed by atoms with E-state index in [0.717, 1.165) is 25.3 Å². The smallest absolute Gasteiger partial charge is 0.0572 e. The molecule has 0 bridgehead atoms. The fraction of sp³-hybridized carbons (Fsp3) is 0.583. The van der Waals surface area contributed by atoms with Crippen molar-refractivity contribution < 1.29 is 0 Å². The number of hydrogen-bond donors (Lipinski definition) is 2. The van der Waals surface area contributed by atoms with Crippen molar-refractivity contribution in [1.82, 2.24) is 10.3 Å². The number of nitrogens with zero attached hydrogens (tertiary/aromatic N) is 1. The first-order valence-corrected chi connectivity index (χ1v) is 5.61. The van der Waals surface area contributed by atoms with E-state index < -0.39 is 0 Å². The Morgan fingerprint density at radius 2 is 2.20 bits per heavy atom. The summed E-state index contributed by atoms with van der Waals surface area (Å²) < 4.78 is 0. The molecule has 1 aromatic rings. The summed E-state index contributed by atoms with van der Waals surface area (Å²) in [6.07, 6.45) is 3.74. The topological polar surface area (TPSA) is 37.0 Å². The predicted octanol–water partition coefficient (Wildman–Crippen LogP) is 2.26. The van der Waals surface area contributed by atoms with E-state index >= 15 is 0 Å². The van der Waals surface area contributed by atoms with Crippen molar-refractivity contribution in [3.05, 3.63) is 24.0 Å². The van der Waals surface area contributed by atoms with Crippen LogP contribution in [-0.4, -0.2) is 18.1 Å². The van der Waals surface area contributed by atoms with Gasteiger partial charge in [-0.15, -0.1) is 0 Å². The molecule has 0 aliphatic heterocycles. The van der Waals surface area contributed by atoms with Crippen LogP contribution < -0.4 is 10.6 Å². The SMILES string of the molecule is CCNCc1ccncc1NCC(C)C. The van der Waals surface area contributed by atoms with E-state index in [-0.39, 0.29) is 0 Å². The van der Waals surface area contributed by atoms with E-state index in [1.807, 2.05) is 12.4 Å². The maximum absolute atomic E-state index is 4.14. The maximum Gasteiger partial charge on any atom is 0.0572 e. The molecule has 2 N–H and O–H groups in total. The monoisotopic (exact) mass is 207 g/mol. The van der Waals surface area contributed by atoms with Gasteiger partial charge in [-0.05, 0) is 24.1 Å². The Labute approximate surface area is 92.3 Å². The molecule has 0 aromatic carbocycles. The second kappa shape index (κ2) is 6.40. The normalized spacial score (nSPS) is 10.7. The summed E-state index contributed by atoms with van der Waals surface area (Å²) in [4.78, 5) is 4.14. The van der Waals surface area contributed by atoms with Gasteiger partial charge in [0, 0.05) is 19.3 Å². The Morgan fingerprint density at radius 3 is 2.87 bits per heavy atom. The number of rotatable bonds is 6. The lowest BCUT2D eigenvalue weighted by atomic mass is 10.2. The van der Waals surface area contributed by atoms with Crippen molar-refractivity contribution in [3.8, 4) is 0 Å². The highest BCUT2D eigenvalue weighted by Gasteiger charge is 2.01. The molecule has 0 saturated carbocycles. The van der Waals surface area contributed by atoms with Gasteiger partial charge < -0.3 is 10.6 Å². The zero-order valence-corrected chi connectivity index (χ0v) is 9.88.